The van der Waals surface area contributed by atoms with E-state index in [-0.39, 0.29) is 11.5 Å². The second-order valence-electron chi connectivity index (χ2n) is 6.30. The molecule has 1 unspecified atom stereocenters. The number of fused-ring (bicyclic) bond motifs is 2. The van der Waals surface area contributed by atoms with E-state index in [4.69, 9.17) is 17.3 Å². The van der Waals surface area contributed by atoms with E-state index < -0.39 is 0 Å². The maximum atomic E-state index is 6.52. The topological polar surface area (TPSA) is 26.0 Å². The lowest BCUT2D eigenvalue weighted by Gasteiger charge is -2.33. The standard InChI is InChI=1S/C18H20ClN/c1-18(2,20)17-15-6-4-3-5-12(15)7-8-13-9-10-14(19)11-16(13)17/h3-6,9-11,17H,7-8,20H2,1-2H3. The SMILES string of the molecule is CC(C)(N)C1c2ccccc2CCc2ccc(Cl)cc21. The van der Waals surface area contributed by atoms with Gasteiger partial charge in [0.25, 0.3) is 0 Å². The quantitative estimate of drug-likeness (QED) is 0.830. The molecule has 1 aliphatic rings. The molecule has 0 aliphatic heterocycles. The van der Waals surface area contributed by atoms with Crippen LogP contribution in [0.15, 0.2) is 42.5 Å². The van der Waals surface area contributed by atoms with Crippen LogP contribution in [0.4, 0.5) is 0 Å². The van der Waals surface area contributed by atoms with E-state index in [0.717, 1.165) is 17.9 Å². The molecule has 0 spiro atoms. The minimum absolute atomic E-state index is 0.190. The first kappa shape index (κ1) is 13.7. The Labute approximate surface area is 125 Å². The van der Waals surface area contributed by atoms with Gasteiger partial charge in [0.2, 0.25) is 0 Å². The average Bonchev–Trinajstić information content (AvgIpc) is 2.54. The van der Waals surface area contributed by atoms with Crippen LogP contribution in [0.2, 0.25) is 5.02 Å². The van der Waals surface area contributed by atoms with E-state index in [0.29, 0.717) is 0 Å². The fraction of sp³-hybridized carbons (Fsp3) is 0.333. The lowest BCUT2D eigenvalue weighted by atomic mass is 9.76. The van der Waals surface area contributed by atoms with Crippen molar-refractivity contribution in [3.63, 3.8) is 0 Å². The lowest BCUT2D eigenvalue weighted by Crippen LogP contribution is -2.40. The largest absolute Gasteiger partial charge is 0.325 e. The average molecular weight is 286 g/mol. The van der Waals surface area contributed by atoms with Crippen LogP contribution < -0.4 is 5.73 Å². The molecule has 104 valence electrons. The monoisotopic (exact) mass is 285 g/mol. The summed E-state index contributed by atoms with van der Waals surface area (Å²) in [5.74, 6) is 0.190. The van der Waals surface area contributed by atoms with Gasteiger partial charge in [0, 0.05) is 16.5 Å². The molecule has 1 atom stereocenters. The van der Waals surface area contributed by atoms with Gasteiger partial charge in [-0.3, -0.25) is 0 Å². The normalized spacial score (nSPS) is 18.1. The summed E-state index contributed by atoms with van der Waals surface area (Å²) in [6.45, 7) is 4.20. The van der Waals surface area contributed by atoms with Crippen molar-refractivity contribution in [3.05, 3.63) is 69.7 Å². The third kappa shape index (κ3) is 2.36. The summed E-state index contributed by atoms with van der Waals surface area (Å²) in [7, 11) is 0. The number of benzene rings is 2. The number of halogens is 1. The van der Waals surface area contributed by atoms with Gasteiger partial charge in [-0.1, -0.05) is 41.9 Å². The molecule has 0 bridgehead atoms. The third-order valence-electron chi connectivity index (χ3n) is 4.19. The van der Waals surface area contributed by atoms with Crippen molar-refractivity contribution in [3.8, 4) is 0 Å². The Morgan fingerprint density at radius 3 is 2.35 bits per heavy atom. The molecular formula is C18H20ClN. The molecule has 0 fully saturated rings. The first-order chi connectivity index (χ1) is 9.47. The van der Waals surface area contributed by atoms with Crippen LogP contribution in [-0.2, 0) is 12.8 Å². The van der Waals surface area contributed by atoms with Crippen LogP contribution in [0, 0.1) is 0 Å². The van der Waals surface area contributed by atoms with Crippen molar-refractivity contribution in [1.29, 1.82) is 0 Å². The van der Waals surface area contributed by atoms with Gasteiger partial charge in [-0.2, -0.15) is 0 Å². The molecular weight excluding hydrogens is 266 g/mol. The molecule has 20 heavy (non-hydrogen) atoms. The van der Waals surface area contributed by atoms with Crippen LogP contribution in [0.1, 0.15) is 42.0 Å². The molecule has 1 aliphatic carbocycles. The van der Waals surface area contributed by atoms with Gasteiger partial charge in [0.05, 0.1) is 0 Å². The molecule has 0 saturated heterocycles. The van der Waals surface area contributed by atoms with Crippen molar-refractivity contribution < 1.29 is 0 Å². The second kappa shape index (κ2) is 4.91. The van der Waals surface area contributed by atoms with Crippen LogP contribution in [0.3, 0.4) is 0 Å². The lowest BCUT2D eigenvalue weighted by molar-refractivity contribution is 0.456. The van der Waals surface area contributed by atoms with E-state index in [1.54, 1.807) is 0 Å². The fourth-order valence-electron chi connectivity index (χ4n) is 3.34. The number of nitrogens with two attached hydrogens (primary N) is 1. The Hall–Kier alpha value is -1.31. The molecule has 0 saturated carbocycles. The number of hydrogen-bond donors (Lipinski definition) is 1. The first-order valence-corrected chi connectivity index (χ1v) is 7.49. The molecule has 3 rings (SSSR count). The number of aryl methyl sites for hydroxylation is 2. The molecule has 0 heterocycles. The predicted molar refractivity (Wildman–Crippen MR) is 85.4 cm³/mol. The Kier molecular flexibility index (Phi) is 3.35. The Morgan fingerprint density at radius 2 is 1.65 bits per heavy atom. The number of rotatable bonds is 1. The summed E-state index contributed by atoms with van der Waals surface area (Å²) < 4.78 is 0. The van der Waals surface area contributed by atoms with E-state index in [1.807, 2.05) is 6.07 Å². The maximum Gasteiger partial charge on any atom is 0.0409 e. The maximum absolute atomic E-state index is 6.52. The Balaban J connectivity index is 2.27. The summed E-state index contributed by atoms with van der Waals surface area (Å²) in [5.41, 5.74) is 11.6. The summed E-state index contributed by atoms with van der Waals surface area (Å²) in [5, 5.41) is 0.789. The third-order valence-corrected chi connectivity index (χ3v) is 4.43. The molecule has 0 amide bonds. The molecule has 0 aromatic heterocycles. The fourth-order valence-corrected chi connectivity index (χ4v) is 3.52. The highest BCUT2D eigenvalue weighted by Gasteiger charge is 2.33. The van der Waals surface area contributed by atoms with Gasteiger partial charge in [0.15, 0.2) is 0 Å². The highest BCUT2D eigenvalue weighted by molar-refractivity contribution is 6.30. The zero-order chi connectivity index (χ0) is 14.3. The zero-order valence-electron chi connectivity index (χ0n) is 12.0. The smallest absolute Gasteiger partial charge is 0.0409 e. The van der Waals surface area contributed by atoms with Crippen LogP contribution in [0.5, 0.6) is 0 Å². The first-order valence-electron chi connectivity index (χ1n) is 7.12. The highest BCUT2D eigenvalue weighted by Crippen LogP contribution is 2.40. The molecule has 2 aromatic carbocycles. The minimum Gasteiger partial charge on any atom is -0.325 e. The molecule has 0 radical (unpaired) electrons. The molecule has 1 nitrogen and oxygen atoms in total. The summed E-state index contributed by atoms with van der Waals surface area (Å²) in [4.78, 5) is 0. The van der Waals surface area contributed by atoms with Gasteiger partial charge in [-0.05, 0) is 61.1 Å². The van der Waals surface area contributed by atoms with Crippen LogP contribution in [-0.4, -0.2) is 5.54 Å². The molecule has 2 heteroatoms. The summed E-state index contributed by atoms with van der Waals surface area (Å²) in [6, 6.07) is 14.9. The minimum atomic E-state index is -0.320. The predicted octanol–water partition coefficient (Wildman–Crippen LogP) is 4.31. The summed E-state index contributed by atoms with van der Waals surface area (Å²) in [6.07, 6.45) is 2.12. The van der Waals surface area contributed by atoms with Crippen molar-refractivity contribution in [2.24, 2.45) is 5.73 Å². The second-order valence-corrected chi connectivity index (χ2v) is 6.73. The van der Waals surface area contributed by atoms with E-state index in [9.17, 15) is 0 Å². The van der Waals surface area contributed by atoms with E-state index in [2.05, 4.69) is 50.2 Å². The molecule has 2 N–H and O–H groups in total. The number of hydrogen-bond acceptors (Lipinski definition) is 1. The zero-order valence-corrected chi connectivity index (χ0v) is 12.7. The van der Waals surface area contributed by atoms with Gasteiger partial charge in [-0.25, -0.2) is 0 Å². The Bertz CT molecular complexity index is 640. The van der Waals surface area contributed by atoms with Crippen molar-refractivity contribution in [1.82, 2.24) is 0 Å². The van der Waals surface area contributed by atoms with Gasteiger partial charge in [-0.15, -0.1) is 0 Å². The Morgan fingerprint density at radius 1 is 1.00 bits per heavy atom. The van der Waals surface area contributed by atoms with Crippen LogP contribution in [0.25, 0.3) is 0 Å². The van der Waals surface area contributed by atoms with Gasteiger partial charge >= 0.3 is 0 Å². The van der Waals surface area contributed by atoms with E-state index in [1.165, 1.54) is 22.3 Å². The van der Waals surface area contributed by atoms with Crippen molar-refractivity contribution in [2.75, 3.05) is 0 Å². The van der Waals surface area contributed by atoms with Crippen LogP contribution >= 0.6 is 11.6 Å². The van der Waals surface area contributed by atoms with Gasteiger partial charge in [0.1, 0.15) is 0 Å². The van der Waals surface area contributed by atoms with Gasteiger partial charge < -0.3 is 5.73 Å². The molecule has 2 aromatic rings. The van der Waals surface area contributed by atoms with Crippen molar-refractivity contribution >= 4 is 11.6 Å². The van der Waals surface area contributed by atoms with Crippen molar-refractivity contribution in [2.45, 2.75) is 38.1 Å². The van der Waals surface area contributed by atoms with E-state index >= 15 is 0 Å². The highest BCUT2D eigenvalue weighted by atomic mass is 35.5. The summed E-state index contributed by atoms with van der Waals surface area (Å²) >= 11 is 6.23.